The summed E-state index contributed by atoms with van der Waals surface area (Å²) >= 11 is 3.33. The van der Waals surface area contributed by atoms with Gasteiger partial charge < -0.3 is 5.32 Å². The van der Waals surface area contributed by atoms with Crippen LogP contribution in [0.4, 0.5) is 4.39 Å². The topological polar surface area (TPSA) is 40.7 Å². The van der Waals surface area contributed by atoms with Crippen molar-refractivity contribution in [2.24, 2.45) is 0 Å². The molecule has 2 rings (SSSR count). The zero-order valence-corrected chi connectivity index (χ0v) is 11.0. The van der Waals surface area contributed by atoms with Gasteiger partial charge in [0, 0.05) is 28.7 Å². The van der Waals surface area contributed by atoms with Crippen LogP contribution in [0.2, 0.25) is 0 Å². The molecule has 0 saturated carbocycles. The van der Waals surface area contributed by atoms with Crippen molar-refractivity contribution < 1.29 is 4.39 Å². The van der Waals surface area contributed by atoms with Gasteiger partial charge in [-0.3, -0.25) is 5.10 Å². The number of aromatic nitrogens is 2. The molecule has 0 radical (unpaired) electrons. The molecule has 2 aromatic rings. The van der Waals surface area contributed by atoms with Crippen molar-refractivity contribution in [2.45, 2.75) is 6.42 Å². The van der Waals surface area contributed by atoms with E-state index in [-0.39, 0.29) is 5.82 Å². The lowest BCUT2D eigenvalue weighted by molar-refractivity contribution is 0.630. The highest BCUT2D eigenvalue weighted by atomic mass is 79.9. The summed E-state index contributed by atoms with van der Waals surface area (Å²) in [4.78, 5) is 0. The molecule has 3 nitrogen and oxygen atoms in total. The number of hydrogen-bond acceptors (Lipinski definition) is 2. The van der Waals surface area contributed by atoms with Crippen LogP contribution in [0.25, 0.3) is 11.3 Å². The minimum atomic E-state index is -0.264. The number of rotatable bonds is 4. The second-order valence-corrected chi connectivity index (χ2v) is 4.67. The first-order chi connectivity index (χ1) is 8.20. The second-order valence-electron chi connectivity index (χ2n) is 3.76. The quantitative estimate of drug-likeness (QED) is 0.911. The van der Waals surface area contributed by atoms with Crippen LogP contribution in [0.3, 0.4) is 0 Å². The fourth-order valence-corrected chi connectivity index (χ4v) is 1.94. The molecular weight excluding hydrogens is 285 g/mol. The van der Waals surface area contributed by atoms with E-state index in [1.165, 1.54) is 6.07 Å². The molecular formula is C12H13BrFN3. The zero-order valence-electron chi connectivity index (χ0n) is 9.43. The zero-order chi connectivity index (χ0) is 12.3. The molecule has 0 atom stereocenters. The van der Waals surface area contributed by atoms with Gasteiger partial charge in [-0.2, -0.15) is 5.10 Å². The fourth-order valence-electron chi connectivity index (χ4n) is 1.58. The molecule has 90 valence electrons. The van der Waals surface area contributed by atoms with Crippen molar-refractivity contribution in [2.75, 3.05) is 13.6 Å². The Morgan fingerprint density at radius 3 is 3.00 bits per heavy atom. The average Bonchev–Trinajstić information content (AvgIpc) is 2.78. The lowest BCUT2D eigenvalue weighted by atomic mass is 10.1. The predicted molar refractivity (Wildman–Crippen MR) is 69.3 cm³/mol. The molecule has 2 N–H and O–H groups in total. The number of nitrogens with zero attached hydrogens (tertiary/aromatic N) is 1. The number of benzene rings is 1. The maximum Gasteiger partial charge on any atom is 0.132 e. The molecule has 0 saturated heterocycles. The number of likely N-dealkylation sites (N-methyl/N-ethyl adjacent to an activating group) is 1. The minimum absolute atomic E-state index is 0.264. The first kappa shape index (κ1) is 12.3. The fraction of sp³-hybridized carbons (Fsp3) is 0.250. The second kappa shape index (κ2) is 5.42. The largest absolute Gasteiger partial charge is 0.319 e. The van der Waals surface area contributed by atoms with Crippen LogP contribution in [0.1, 0.15) is 5.69 Å². The third kappa shape index (κ3) is 2.92. The van der Waals surface area contributed by atoms with E-state index < -0.39 is 0 Å². The van der Waals surface area contributed by atoms with Gasteiger partial charge in [-0.25, -0.2) is 4.39 Å². The molecule has 1 heterocycles. The van der Waals surface area contributed by atoms with Gasteiger partial charge in [0.15, 0.2) is 0 Å². The van der Waals surface area contributed by atoms with Crippen LogP contribution < -0.4 is 5.32 Å². The molecule has 0 spiro atoms. The van der Waals surface area contributed by atoms with E-state index in [2.05, 4.69) is 31.4 Å². The van der Waals surface area contributed by atoms with Gasteiger partial charge in [-0.1, -0.05) is 15.9 Å². The third-order valence-corrected chi connectivity index (χ3v) is 2.97. The Balaban J connectivity index is 2.27. The van der Waals surface area contributed by atoms with Crippen LogP contribution >= 0.6 is 15.9 Å². The molecule has 0 aliphatic carbocycles. The third-order valence-electron chi connectivity index (χ3n) is 2.48. The summed E-state index contributed by atoms with van der Waals surface area (Å²) in [5.74, 6) is -0.264. The Morgan fingerprint density at radius 2 is 2.24 bits per heavy atom. The summed E-state index contributed by atoms with van der Waals surface area (Å²) in [6, 6.07) is 6.71. The lowest BCUT2D eigenvalue weighted by Crippen LogP contribution is -2.10. The van der Waals surface area contributed by atoms with Crippen molar-refractivity contribution in [1.29, 1.82) is 0 Å². The van der Waals surface area contributed by atoms with Crippen molar-refractivity contribution in [1.82, 2.24) is 15.5 Å². The molecule has 1 aromatic carbocycles. The number of halogens is 2. The molecule has 0 fully saturated rings. The molecule has 0 unspecified atom stereocenters. The summed E-state index contributed by atoms with van der Waals surface area (Å²) in [7, 11) is 1.89. The summed E-state index contributed by atoms with van der Waals surface area (Å²) in [5.41, 5.74) is 2.13. The highest BCUT2D eigenvalue weighted by Gasteiger charge is 2.09. The van der Waals surface area contributed by atoms with Gasteiger partial charge >= 0.3 is 0 Å². The standard InChI is InChI=1S/C12H13BrFN3/c1-15-5-4-9-7-12(17-16-9)10-6-8(13)2-3-11(10)14/h2-3,6-7,15H,4-5H2,1H3,(H,16,17). The van der Waals surface area contributed by atoms with E-state index in [9.17, 15) is 4.39 Å². The van der Waals surface area contributed by atoms with E-state index in [1.807, 2.05) is 13.1 Å². The Hall–Kier alpha value is -1.20. The van der Waals surface area contributed by atoms with Gasteiger partial charge in [0.1, 0.15) is 5.82 Å². The van der Waals surface area contributed by atoms with E-state index in [4.69, 9.17) is 0 Å². The van der Waals surface area contributed by atoms with Gasteiger partial charge in [0.05, 0.1) is 5.69 Å². The van der Waals surface area contributed by atoms with Gasteiger partial charge in [0.2, 0.25) is 0 Å². The molecule has 0 bridgehead atoms. The number of aromatic amines is 1. The first-order valence-electron chi connectivity index (χ1n) is 5.35. The highest BCUT2D eigenvalue weighted by Crippen LogP contribution is 2.25. The average molecular weight is 298 g/mol. The molecule has 1 aromatic heterocycles. The van der Waals surface area contributed by atoms with E-state index in [1.54, 1.807) is 12.1 Å². The minimum Gasteiger partial charge on any atom is -0.319 e. The Morgan fingerprint density at radius 1 is 1.41 bits per heavy atom. The summed E-state index contributed by atoms with van der Waals surface area (Å²) in [6.07, 6.45) is 0.846. The van der Waals surface area contributed by atoms with Crippen molar-refractivity contribution in [3.63, 3.8) is 0 Å². The number of H-pyrrole nitrogens is 1. The summed E-state index contributed by atoms with van der Waals surface area (Å²) < 4.78 is 14.5. The normalized spacial score (nSPS) is 10.8. The summed E-state index contributed by atoms with van der Waals surface area (Å²) in [6.45, 7) is 0.864. The van der Waals surface area contributed by atoms with Crippen molar-refractivity contribution in [3.8, 4) is 11.3 Å². The molecule has 0 aliphatic rings. The van der Waals surface area contributed by atoms with Crippen LogP contribution in [-0.2, 0) is 6.42 Å². The van der Waals surface area contributed by atoms with E-state index in [0.717, 1.165) is 23.1 Å². The lowest BCUT2D eigenvalue weighted by Gasteiger charge is -1.99. The summed E-state index contributed by atoms with van der Waals surface area (Å²) in [5, 5.41) is 10.1. The van der Waals surface area contributed by atoms with Crippen LogP contribution in [0.5, 0.6) is 0 Å². The smallest absolute Gasteiger partial charge is 0.132 e. The maximum atomic E-state index is 13.6. The SMILES string of the molecule is CNCCc1cc(-c2cc(Br)ccc2F)n[nH]1. The van der Waals surface area contributed by atoms with E-state index in [0.29, 0.717) is 11.3 Å². The van der Waals surface area contributed by atoms with Crippen molar-refractivity contribution >= 4 is 15.9 Å². The molecule has 5 heteroatoms. The molecule has 0 amide bonds. The van der Waals surface area contributed by atoms with Gasteiger partial charge in [-0.15, -0.1) is 0 Å². The number of hydrogen-bond donors (Lipinski definition) is 2. The maximum absolute atomic E-state index is 13.6. The van der Waals surface area contributed by atoms with Crippen LogP contribution in [0.15, 0.2) is 28.7 Å². The van der Waals surface area contributed by atoms with Crippen LogP contribution in [0, 0.1) is 5.82 Å². The first-order valence-corrected chi connectivity index (χ1v) is 6.14. The Kier molecular flexibility index (Phi) is 3.91. The highest BCUT2D eigenvalue weighted by molar-refractivity contribution is 9.10. The number of nitrogens with one attached hydrogen (secondary N) is 2. The Bertz CT molecular complexity index is 510. The van der Waals surface area contributed by atoms with Crippen molar-refractivity contribution in [3.05, 3.63) is 40.2 Å². The van der Waals surface area contributed by atoms with Gasteiger partial charge in [0.25, 0.3) is 0 Å². The van der Waals surface area contributed by atoms with Crippen LogP contribution in [-0.4, -0.2) is 23.8 Å². The predicted octanol–water partition coefficient (Wildman–Crippen LogP) is 2.74. The molecule has 0 aliphatic heterocycles. The molecule has 17 heavy (non-hydrogen) atoms. The van der Waals surface area contributed by atoms with E-state index >= 15 is 0 Å². The Labute approximate surface area is 108 Å². The monoisotopic (exact) mass is 297 g/mol. The van der Waals surface area contributed by atoms with Gasteiger partial charge in [-0.05, 0) is 31.3 Å².